The average molecular weight is 360 g/mol. The molecule has 24 heavy (non-hydrogen) atoms. The Morgan fingerprint density at radius 2 is 2.12 bits per heavy atom. The molecule has 1 aliphatic heterocycles. The molecule has 4 heterocycles. The van der Waals surface area contributed by atoms with Gasteiger partial charge < -0.3 is 9.32 Å². The lowest BCUT2D eigenvalue weighted by Crippen LogP contribution is -2.41. The quantitative estimate of drug-likeness (QED) is 0.757. The van der Waals surface area contributed by atoms with E-state index in [4.69, 9.17) is 4.42 Å². The van der Waals surface area contributed by atoms with Gasteiger partial charge in [-0.1, -0.05) is 6.07 Å². The van der Waals surface area contributed by atoms with Crippen LogP contribution in [0.15, 0.2) is 39.4 Å². The van der Waals surface area contributed by atoms with Crippen LogP contribution in [0.4, 0.5) is 9.80 Å². The molecular formula is C16H16N4O2S2. The van der Waals surface area contributed by atoms with Crippen molar-refractivity contribution in [3.05, 3.63) is 40.9 Å². The normalized spacial score (nSPS) is 17.8. The van der Waals surface area contributed by atoms with Crippen molar-refractivity contribution >= 4 is 33.7 Å². The number of rotatable bonds is 3. The first-order chi connectivity index (χ1) is 11.8. The van der Waals surface area contributed by atoms with E-state index in [1.807, 2.05) is 39.9 Å². The Morgan fingerprint density at radius 1 is 1.25 bits per heavy atom. The Hall–Kier alpha value is -2.19. The van der Waals surface area contributed by atoms with Gasteiger partial charge in [-0.2, -0.15) is 0 Å². The van der Waals surface area contributed by atoms with E-state index in [0.29, 0.717) is 18.3 Å². The zero-order valence-corrected chi connectivity index (χ0v) is 14.5. The van der Waals surface area contributed by atoms with Crippen LogP contribution >= 0.6 is 22.7 Å². The Bertz CT molecular complexity index is 798. The minimum Gasteiger partial charge on any atom is -0.420 e. The number of carbonyl (C=O) groups excluding carboxylic acids is 1. The summed E-state index contributed by atoms with van der Waals surface area (Å²) in [5.74, 6) is 1.27. The second kappa shape index (κ2) is 6.74. The highest BCUT2D eigenvalue weighted by Gasteiger charge is 2.28. The van der Waals surface area contributed by atoms with Crippen molar-refractivity contribution in [3.63, 3.8) is 0 Å². The molecule has 6 nitrogen and oxygen atoms in total. The van der Waals surface area contributed by atoms with Crippen molar-refractivity contribution in [1.29, 1.82) is 0 Å². The van der Waals surface area contributed by atoms with Gasteiger partial charge in [0.2, 0.25) is 5.89 Å². The highest BCUT2D eigenvalue weighted by atomic mass is 32.1. The third-order valence-electron chi connectivity index (χ3n) is 3.98. The van der Waals surface area contributed by atoms with Crippen LogP contribution in [0.25, 0.3) is 10.8 Å². The maximum atomic E-state index is 12.4. The van der Waals surface area contributed by atoms with E-state index in [1.54, 1.807) is 11.3 Å². The zero-order valence-electron chi connectivity index (χ0n) is 12.8. The number of hydrogen-bond acceptors (Lipinski definition) is 6. The van der Waals surface area contributed by atoms with Crippen LogP contribution in [0.5, 0.6) is 0 Å². The summed E-state index contributed by atoms with van der Waals surface area (Å²) >= 11 is 3.09. The number of piperidine rings is 1. The molecule has 1 fully saturated rings. The number of urea groups is 1. The molecule has 0 aromatic carbocycles. The predicted octanol–water partition coefficient (Wildman–Crippen LogP) is 4.27. The van der Waals surface area contributed by atoms with Crippen LogP contribution in [0.3, 0.4) is 0 Å². The fourth-order valence-corrected chi connectivity index (χ4v) is 4.05. The van der Waals surface area contributed by atoms with Gasteiger partial charge in [-0.05, 0) is 41.8 Å². The summed E-state index contributed by atoms with van der Waals surface area (Å²) in [6.45, 7) is 1.35. The molecular weight excluding hydrogens is 344 g/mol. The van der Waals surface area contributed by atoms with Crippen LogP contribution in [-0.2, 0) is 0 Å². The maximum Gasteiger partial charge on any atom is 0.322 e. The van der Waals surface area contributed by atoms with E-state index in [2.05, 4.69) is 15.5 Å². The van der Waals surface area contributed by atoms with E-state index in [9.17, 15) is 4.79 Å². The van der Waals surface area contributed by atoms with Crippen LogP contribution < -0.4 is 5.32 Å². The molecule has 0 unspecified atom stereocenters. The van der Waals surface area contributed by atoms with E-state index >= 15 is 0 Å². The highest BCUT2D eigenvalue weighted by molar-refractivity contribution is 7.14. The zero-order chi connectivity index (χ0) is 16.4. The summed E-state index contributed by atoms with van der Waals surface area (Å²) < 4.78 is 5.83. The fourth-order valence-electron chi connectivity index (χ4n) is 2.80. The molecule has 2 amide bonds. The third kappa shape index (κ3) is 3.20. The molecule has 1 saturated heterocycles. The summed E-state index contributed by atoms with van der Waals surface area (Å²) in [6, 6.07) is 7.67. The van der Waals surface area contributed by atoms with Gasteiger partial charge in [-0.3, -0.25) is 5.32 Å². The van der Waals surface area contributed by atoms with Crippen molar-refractivity contribution < 1.29 is 9.21 Å². The first kappa shape index (κ1) is 15.3. The smallest absolute Gasteiger partial charge is 0.322 e. The standard InChI is InChI=1S/C16H16N4O2S2/c21-16(17-13-6-3-9-24-13)20-7-1-4-11(10-20)14-18-19-15(22-14)12-5-2-8-23-12/h2-3,5-6,8-9,11H,1,4,7,10H2,(H,17,21)/t11-/m0/s1. The molecule has 1 atom stereocenters. The second-order valence-corrected chi connectivity index (χ2v) is 7.51. The van der Waals surface area contributed by atoms with Gasteiger partial charge in [-0.15, -0.1) is 32.9 Å². The molecule has 4 rings (SSSR count). The largest absolute Gasteiger partial charge is 0.420 e. The van der Waals surface area contributed by atoms with Crippen LogP contribution in [-0.4, -0.2) is 34.2 Å². The van der Waals surface area contributed by atoms with E-state index < -0.39 is 0 Å². The van der Waals surface area contributed by atoms with Crippen LogP contribution in [0.2, 0.25) is 0 Å². The summed E-state index contributed by atoms with van der Waals surface area (Å²) in [5, 5.41) is 16.1. The van der Waals surface area contributed by atoms with Gasteiger partial charge in [0.25, 0.3) is 5.89 Å². The second-order valence-electron chi connectivity index (χ2n) is 5.62. The van der Waals surface area contributed by atoms with Gasteiger partial charge in [0.1, 0.15) is 0 Å². The van der Waals surface area contributed by atoms with Gasteiger partial charge in [0.15, 0.2) is 0 Å². The summed E-state index contributed by atoms with van der Waals surface area (Å²) in [5.41, 5.74) is 0. The molecule has 124 valence electrons. The highest BCUT2D eigenvalue weighted by Crippen LogP contribution is 2.30. The number of carbonyl (C=O) groups is 1. The minimum atomic E-state index is -0.0693. The lowest BCUT2D eigenvalue weighted by Gasteiger charge is -2.30. The number of aromatic nitrogens is 2. The molecule has 3 aromatic rings. The average Bonchev–Trinajstić information content (AvgIpc) is 3.36. The SMILES string of the molecule is O=C(Nc1cccs1)N1CCC[C@H](c2nnc(-c3cccs3)o2)C1. The lowest BCUT2D eigenvalue weighted by atomic mass is 9.98. The minimum absolute atomic E-state index is 0.0693. The Morgan fingerprint density at radius 3 is 2.92 bits per heavy atom. The number of nitrogens with one attached hydrogen (secondary N) is 1. The Kier molecular flexibility index (Phi) is 4.31. The van der Waals surface area contributed by atoms with Crippen molar-refractivity contribution in [3.8, 4) is 10.8 Å². The fraction of sp³-hybridized carbons (Fsp3) is 0.312. The number of amides is 2. The molecule has 1 N–H and O–H groups in total. The van der Waals surface area contributed by atoms with Gasteiger partial charge >= 0.3 is 6.03 Å². The maximum absolute atomic E-state index is 12.4. The van der Waals surface area contributed by atoms with Gasteiger partial charge in [-0.25, -0.2) is 4.79 Å². The topological polar surface area (TPSA) is 71.3 Å². The monoisotopic (exact) mass is 360 g/mol. The summed E-state index contributed by atoms with van der Waals surface area (Å²) in [6.07, 6.45) is 1.88. The molecule has 0 aliphatic carbocycles. The van der Waals surface area contributed by atoms with Crippen molar-refractivity contribution in [2.45, 2.75) is 18.8 Å². The first-order valence-electron chi connectivity index (χ1n) is 7.76. The first-order valence-corrected chi connectivity index (χ1v) is 9.52. The van der Waals surface area contributed by atoms with Crippen molar-refractivity contribution in [1.82, 2.24) is 15.1 Å². The molecule has 0 spiro atoms. The van der Waals surface area contributed by atoms with E-state index in [-0.39, 0.29) is 11.9 Å². The molecule has 0 bridgehead atoms. The van der Waals surface area contributed by atoms with Crippen molar-refractivity contribution in [2.75, 3.05) is 18.4 Å². The molecule has 3 aromatic heterocycles. The lowest BCUT2D eigenvalue weighted by molar-refractivity contribution is 0.187. The van der Waals surface area contributed by atoms with E-state index in [1.165, 1.54) is 11.3 Å². The molecule has 0 radical (unpaired) electrons. The van der Waals surface area contributed by atoms with Crippen LogP contribution in [0, 0.1) is 0 Å². The van der Waals surface area contributed by atoms with Gasteiger partial charge in [0, 0.05) is 13.1 Å². The van der Waals surface area contributed by atoms with Crippen molar-refractivity contribution in [2.24, 2.45) is 0 Å². The summed E-state index contributed by atoms with van der Waals surface area (Å²) in [4.78, 5) is 15.2. The third-order valence-corrected chi connectivity index (χ3v) is 5.62. The molecule has 0 saturated carbocycles. The summed E-state index contributed by atoms with van der Waals surface area (Å²) in [7, 11) is 0. The number of nitrogens with zero attached hydrogens (tertiary/aromatic N) is 3. The number of anilines is 1. The molecule has 8 heteroatoms. The Balaban J connectivity index is 1.44. The van der Waals surface area contributed by atoms with E-state index in [0.717, 1.165) is 29.3 Å². The van der Waals surface area contributed by atoms with Gasteiger partial charge in [0.05, 0.1) is 15.8 Å². The number of hydrogen-bond donors (Lipinski definition) is 1. The van der Waals surface area contributed by atoms with Crippen LogP contribution in [0.1, 0.15) is 24.7 Å². The number of likely N-dealkylation sites (tertiary alicyclic amines) is 1. The molecule has 1 aliphatic rings. The number of thiophene rings is 2. The Labute approximate surface area is 147 Å². The predicted molar refractivity (Wildman–Crippen MR) is 94.5 cm³/mol.